The summed E-state index contributed by atoms with van der Waals surface area (Å²) in [6, 6.07) is 12.0. The van der Waals surface area contributed by atoms with Crippen LogP contribution in [0.15, 0.2) is 40.9 Å². The van der Waals surface area contributed by atoms with Crippen molar-refractivity contribution in [3.63, 3.8) is 0 Å². The van der Waals surface area contributed by atoms with Crippen LogP contribution in [-0.4, -0.2) is 5.11 Å². The Hall–Kier alpha value is -1.32. The molecule has 1 atom stereocenters. The molecule has 112 valence electrons. The minimum absolute atomic E-state index is 0.403. The molecule has 0 bridgehead atoms. The Kier molecular flexibility index (Phi) is 5.07. The van der Waals surface area contributed by atoms with Crippen molar-refractivity contribution in [1.82, 2.24) is 0 Å². The summed E-state index contributed by atoms with van der Waals surface area (Å²) in [5, 5.41) is 9.67. The van der Waals surface area contributed by atoms with Crippen molar-refractivity contribution in [3.05, 3.63) is 57.6 Å². The topological polar surface area (TPSA) is 29.5 Å². The SMILES string of the molecule is Cc1ccc(C(C)C)c(Oc2ccc([C@H](C)O)c(Br)c2)c1. The second-order valence-corrected chi connectivity index (χ2v) is 6.51. The minimum atomic E-state index is -0.501. The van der Waals surface area contributed by atoms with Crippen molar-refractivity contribution in [2.24, 2.45) is 0 Å². The van der Waals surface area contributed by atoms with Crippen LogP contribution in [0.1, 0.15) is 49.5 Å². The van der Waals surface area contributed by atoms with E-state index in [4.69, 9.17) is 4.74 Å². The molecular formula is C18H21BrO2. The van der Waals surface area contributed by atoms with E-state index in [1.54, 1.807) is 6.92 Å². The molecule has 0 aliphatic carbocycles. The Balaban J connectivity index is 2.34. The lowest BCUT2D eigenvalue weighted by Crippen LogP contribution is -1.96. The third-order valence-corrected chi connectivity index (χ3v) is 4.13. The number of aliphatic hydroxyl groups excluding tert-OH is 1. The number of rotatable bonds is 4. The fourth-order valence-electron chi connectivity index (χ4n) is 2.24. The molecular weight excluding hydrogens is 328 g/mol. The zero-order valence-electron chi connectivity index (χ0n) is 12.9. The molecule has 0 unspecified atom stereocenters. The maximum atomic E-state index is 9.67. The molecule has 0 radical (unpaired) electrons. The highest BCUT2D eigenvalue weighted by molar-refractivity contribution is 9.10. The Morgan fingerprint density at radius 1 is 1.00 bits per heavy atom. The highest BCUT2D eigenvalue weighted by Crippen LogP contribution is 2.34. The van der Waals surface area contributed by atoms with E-state index in [1.807, 2.05) is 18.2 Å². The van der Waals surface area contributed by atoms with Gasteiger partial charge in [-0.15, -0.1) is 0 Å². The summed E-state index contributed by atoms with van der Waals surface area (Å²) in [4.78, 5) is 0. The van der Waals surface area contributed by atoms with Gasteiger partial charge in [-0.3, -0.25) is 0 Å². The third-order valence-electron chi connectivity index (χ3n) is 3.44. The van der Waals surface area contributed by atoms with Crippen LogP contribution in [0.3, 0.4) is 0 Å². The first-order valence-corrected chi connectivity index (χ1v) is 7.93. The van der Waals surface area contributed by atoms with Gasteiger partial charge in [-0.05, 0) is 54.7 Å². The first kappa shape index (κ1) is 16.1. The highest BCUT2D eigenvalue weighted by atomic mass is 79.9. The predicted molar refractivity (Wildman–Crippen MR) is 90.1 cm³/mol. The first-order valence-electron chi connectivity index (χ1n) is 7.14. The summed E-state index contributed by atoms with van der Waals surface area (Å²) in [5.74, 6) is 2.06. The van der Waals surface area contributed by atoms with Gasteiger partial charge < -0.3 is 9.84 Å². The van der Waals surface area contributed by atoms with Crippen molar-refractivity contribution in [2.45, 2.75) is 39.7 Å². The van der Waals surface area contributed by atoms with Crippen LogP contribution in [0.5, 0.6) is 11.5 Å². The van der Waals surface area contributed by atoms with E-state index in [9.17, 15) is 5.11 Å². The van der Waals surface area contributed by atoms with E-state index < -0.39 is 6.10 Å². The van der Waals surface area contributed by atoms with Gasteiger partial charge in [-0.1, -0.05) is 48.0 Å². The number of hydrogen-bond donors (Lipinski definition) is 1. The van der Waals surface area contributed by atoms with Crippen LogP contribution >= 0.6 is 15.9 Å². The number of aryl methyl sites for hydroxylation is 1. The molecule has 2 rings (SSSR count). The Morgan fingerprint density at radius 2 is 1.67 bits per heavy atom. The van der Waals surface area contributed by atoms with Gasteiger partial charge in [0.2, 0.25) is 0 Å². The van der Waals surface area contributed by atoms with Crippen molar-refractivity contribution in [2.75, 3.05) is 0 Å². The molecule has 2 nitrogen and oxygen atoms in total. The Bertz CT molecular complexity index is 633. The number of benzene rings is 2. The van der Waals surface area contributed by atoms with Crippen LogP contribution in [0.25, 0.3) is 0 Å². The van der Waals surface area contributed by atoms with E-state index in [2.05, 4.69) is 54.9 Å². The molecule has 0 saturated carbocycles. The van der Waals surface area contributed by atoms with Crippen LogP contribution in [0.2, 0.25) is 0 Å². The molecule has 2 aromatic carbocycles. The largest absolute Gasteiger partial charge is 0.457 e. The van der Waals surface area contributed by atoms with Gasteiger partial charge in [0.25, 0.3) is 0 Å². The smallest absolute Gasteiger partial charge is 0.131 e. The normalized spacial score (nSPS) is 12.5. The summed E-state index contributed by atoms with van der Waals surface area (Å²) >= 11 is 3.48. The molecule has 0 amide bonds. The summed E-state index contributed by atoms with van der Waals surface area (Å²) in [7, 11) is 0. The zero-order valence-corrected chi connectivity index (χ0v) is 14.4. The van der Waals surface area contributed by atoms with Crippen molar-refractivity contribution >= 4 is 15.9 Å². The second-order valence-electron chi connectivity index (χ2n) is 5.66. The molecule has 0 aliphatic heterocycles. The van der Waals surface area contributed by atoms with Gasteiger partial charge in [0, 0.05) is 4.47 Å². The van der Waals surface area contributed by atoms with Crippen LogP contribution in [0.4, 0.5) is 0 Å². The second kappa shape index (κ2) is 6.63. The number of hydrogen-bond acceptors (Lipinski definition) is 2. The van der Waals surface area contributed by atoms with Gasteiger partial charge in [0.05, 0.1) is 6.10 Å². The summed E-state index contributed by atoms with van der Waals surface area (Å²) in [6.45, 7) is 8.12. The van der Waals surface area contributed by atoms with Crippen molar-refractivity contribution in [1.29, 1.82) is 0 Å². The molecule has 0 aliphatic rings. The summed E-state index contributed by atoms with van der Waals surface area (Å²) in [5.41, 5.74) is 3.22. The van der Waals surface area contributed by atoms with Crippen LogP contribution < -0.4 is 4.74 Å². The molecule has 21 heavy (non-hydrogen) atoms. The molecule has 0 aromatic heterocycles. The monoisotopic (exact) mass is 348 g/mol. The fourth-order valence-corrected chi connectivity index (χ4v) is 2.93. The van der Waals surface area contributed by atoms with Gasteiger partial charge in [-0.2, -0.15) is 0 Å². The maximum absolute atomic E-state index is 9.67. The van der Waals surface area contributed by atoms with E-state index in [0.29, 0.717) is 5.92 Å². The first-order chi connectivity index (χ1) is 9.88. The van der Waals surface area contributed by atoms with Gasteiger partial charge in [-0.25, -0.2) is 0 Å². The molecule has 2 aromatic rings. The van der Waals surface area contributed by atoms with E-state index in [1.165, 1.54) is 11.1 Å². The van der Waals surface area contributed by atoms with E-state index in [-0.39, 0.29) is 0 Å². The lowest BCUT2D eigenvalue weighted by molar-refractivity contribution is 0.198. The van der Waals surface area contributed by atoms with Gasteiger partial charge >= 0.3 is 0 Å². The fraction of sp³-hybridized carbons (Fsp3) is 0.333. The van der Waals surface area contributed by atoms with E-state index in [0.717, 1.165) is 21.5 Å². The number of aliphatic hydroxyl groups is 1. The standard InChI is InChI=1S/C18H21BrO2/c1-11(2)15-7-5-12(3)9-18(15)21-14-6-8-16(13(4)20)17(19)10-14/h5-11,13,20H,1-4H3/t13-/m0/s1. The van der Waals surface area contributed by atoms with Gasteiger partial charge in [0.1, 0.15) is 11.5 Å². The Morgan fingerprint density at radius 3 is 2.24 bits per heavy atom. The Labute approximate surface area is 134 Å². The maximum Gasteiger partial charge on any atom is 0.131 e. The zero-order chi connectivity index (χ0) is 15.6. The predicted octanol–water partition coefficient (Wildman–Crippen LogP) is 5.73. The van der Waals surface area contributed by atoms with Crippen LogP contribution in [0, 0.1) is 6.92 Å². The van der Waals surface area contributed by atoms with Crippen LogP contribution in [-0.2, 0) is 0 Å². The average Bonchev–Trinajstić information content (AvgIpc) is 2.37. The average molecular weight is 349 g/mol. The molecule has 0 saturated heterocycles. The lowest BCUT2D eigenvalue weighted by Gasteiger charge is -2.16. The summed E-state index contributed by atoms with van der Waals surface area (Å²) in [6.07, 6.45) is -0.501. The number of ether oxygens (including phenoxy) is 1. The molecule has 1 N–H and O–H groups in total. The molecule has 0 spiro atoms. The van der Waals surface area contributed by atoms with Crippen molar-refractivity contribution in [3.8, 4) is 11.5 Å². The third kappa shape index (κ3) is 3.86. The molecule has 3 heteroatoms. The quantitative estimate of drug-likeness (QED) is 0.764. The highest BCUT2D eigenvalue weighted by Gasteiger charge is 2.11. The van der Waals surface area contributed by atoms with E-state index >= 15 is 0 Å². The lowest BCUT2D eigenvalue weighted by atomic mass is 10.0. The number of halogens is 1. The van der Waals surface area contributed by atoms with Gasteiger partial charge in [0.15, 0.2) is 0 Å². The molecule has 0 fully saturated rings. The van der Waals surface area contributed by atoms with Crippen molar-refractivity contribution < 1.29 is 9.84 Å². The molecule has 0 heterocycles. The minimum Gasteiger partial charge on any atom is -0.457 e. The summed E-state index contributed by atoms with van der Waals surface area (Å²) < 4.78 is 6.91.